The highest BCUT2D eigenvalue weighted by atomic mass is 32.1. The number of aliphatic hydroxyl groups is 1. The lowest BCUT2D eigenvalue weighted by Crippen LogP contribution is -2.35. The molecule has 1 amide bonds. The van der Waals surface area contributed by atoms with Gasteiger partial charge in [0.1, 0.15) is 0 Å². The van der Waals surface area contributed by atoms with Crippen LogP contribution in [0.4, 0.5) is 10.8 Å². The van der Waals surface area contributed by atoms with E-state index in [0.29, 0.717) is 27.0 Å². The predicted molar refractivity (Wildman–Crippen MR) is 109 cm³/mol. The molecule has 5 nitrogen and oxygen atoms in total. The van der Waals surface area contributed by atoms with Crippen molar-refractivity contribution in [3.63, 3.8) is 0 Å². The fraction of sp³-hybridized carbons (Fsp3) is 0.238. The van der Waals surface area contributed by atoms with Crippen LogP contribution in [0.5, 0.6) is 0 Å². The molecule has 1 aliphatic heterocycles. The zero-order valence-corrected chi connectivity index (χ0v) is 16.5. The van der Waals surface area contributed by atoms with Crippen LogP contribution in [0.15, 0.2) is 30.3 Å². The number of nitrogens with zero attached hydrogens (tertiary/aromatic N) is 1. The van der Waals surface area contributed by atoms with Crippen LogP contribution in [0.1, 0.15) is 32.7 Å². The Balaban J connectivity index is 1.98. The first-order chi connectivity index (χ1) is 12.7. The van der Waals surface area contributed by atoms with Gasteiger partial charge in [0.25, 0.3) is 5.91 Å². The third kappa shape index (κ3) is 2.56. The van der Waals surface area contributed by atoms with Gasteiger partial charge in [-0.1, -0.05) is 29.5 Å². The number of nitrogens with one attached hydrogen (secondary N) is 1. The quantitative estimate of drug-likeness (QED) is 0.632. The third-order valence-electron chi connectivity index (χ3n) is 5.17. The molecule has 0 radical (unpaired) electrons. The number of fused-ring (bicyclic) bond motifs is 1. The van der Waals surface area contributed by atoms with E-state index in [1.165, 1.54) is 0 Å². The zero-order valence-electron chi connectivity index (χ0n) is 15.7. The summed E-state index contributed by atoms with van der Waals surface area (Å²) in [5.74, 6) is -0.472. The monoisotopic (exact) mass is 379 g/mol. The largest absolute Gasteiger partial charge is 0.375 e. The van der Waals surface area contributed by atoms with Crippen LogP contribution in [0.2, 0.25) is 0 Å². The summed E-state index contributed by atoms with van der Waals surface area (Å²) in [5.41, 5.74) is 10.9. The van der Waals surface area contributed by atoms with E-state index in [1.807, 2.05) is 58.0 Å². The molecule has 0 saturated carbocycles. The van der Waals surface area contributed by atoms with Crippen molar-refractivity contribution in [3.8, 4) is 11.3 Å². The number of aryl methyl sites for hydroxylation is 4. The maximum Gasteiger partial charge on any atom is 0.266 e. The summed E-state index contributed by atoms with van der Waals surface area (Å²) in [4.78, 5) is 17.8. The number of hydrogen-bond acceptors (Lipinski definition) is 5. The molecule has 0 saturated heterocycles. The number of aromatic nitrogens is 1. The Morgan fingerprint density at radius 1 is 1.07 bits per heavy atom. The van der Waals surface area contributed by atoms with E-state index in [2.05, 4.69) is 10.3 Å². The maximum atomic E-state index is 12.9. The second-order valence-electron chi connectivity index (χ2n) is 7.20. The molecule has 6 heteroatoms. The fourth-order valence-corrected chi connectivity index (χ4v) is 4.70. The van der Waals surface area contributed by atoms with Crippen molar-refractivity contribution in [1.29, 1.82) is 0 Å². The van der Waals surface area contributed by atoms with Gasteiger partial charge in [-0.2, -0.15) is 0 Å². The molecule has 3 aromatic rings. The van der Waals surface area contributed by atoms with Gasteiger partial charge in [0.05, 0.1) is 10.6 Å². The molecule has 4 rings (SSSR count). The third-order valence-corrected chi connectivity index (χ3v) is 6.16. The highest BCUT2D eigenvalue weighted by Crippen LogP contribution is 2.48. The molecule has 2 heterocycles. The van der Waals surface area contributed by atoms with Gasteiger partial charge in [0.15, 0.2) is 5.13 Å². The molecule has 0 aliphatic carbocycles. The summed E-state index contributed by atoms with van der Waals surface area (Å²) in [6.07, 6.45) is 0. The molecule has 1 aromatic heterocycles. The molecule has 1 aliphatic rings. The van der Waals surface area contributed by atoms with Crippen molar-refractivity contribution in [2.24, 2.45) is 0 Å². The van der Waals surface area contributed by atoms with Crippen LogP contribution in [0.3, 0.4) is 0 Å². The molecule has 0 bridgehead atoms. The maximum absolute atomic E-state index is 12.9. The predicted octanol–water partition coefficient (Wildman–Crippen LogP) is 3.81. The van der Waals surface area contributed by atoms with Crippen LogP contribution >= 0.6 is 11.3 Å². The molecular weight excluding hydrogens is 358 g/mol. The Morgan fingerprint density at radius 2 is 1.81 bits per heavy atom. The Bertz CT molecular complexity index is 1100. The lowest BCUT2D eigenvalue weighted by atomic mass is 9.87. The highest BCUT2D eigenvalue weighted by molar-refractivity contribution is 7.16. The topological polar surface area (TPSA) is 88.2 Å². The Hall–Kier alpha value is -2.70. The number of nitrogens with two attached hydrogens (primary N) is 1. The summed E-state index contributed by atoms with van der Waals surface area (Å²) in [7, 11) is 0. The molecule has 138 valence electrons. The average molecular weight is 379 g/mol. The van der Waals surface area contributed by atoms with Gasteiger partial charge in [-0.25, -0.2) is 4.98 Å². The molecule has 0 fully saturated rings. The van der Waals surface area contributed by atoms with Crippen LogP contribution in [-0.2, 0) is 10.4 Å². The van der Waals surface area contributed by atoms with Crippen molar-refractivity contribution in [2.45, 2.75) is 33.3 Å². The first kappa shape index (κ1) is 17.7. The first-order valence-electron chi connectivity index (χ1n) is 8.71. The summed E-state index contributed by atoms with van der Waals surface area (Å²) in [5, 5.41) is 14.8. The number of carbonyl (C=O) groups excluding carboxylic acids is 1. The molecular formula is C21H21N3O2S. The first-order valence-corrected chi connectivity index (χ1v) is 9.53. The Morgan fingerprint density at radius 3 is 2.52 bits per heavy atom. The van der Waals surface area contributed by atoms with E-state index in [-0.39, 0.29) is 0 Å². The van der Waals surface area contributed by atoms with E-state index in [4.69, 9.17) is 5.73 Å². The number of nitrogen functional groups attached to an aromatic ring is 1. The second kappa shape index (κ2) is 5.90. The summed E-state index contributed by atoms with van der Waals surface area (Å²) in [6.45, 7) is 7.92. The lowest BCUT2D eigenvalue weighted by Gasteiger charge is -2.22. The number of hydrogen-bond donors (Lipinski definition) is 3. The number of anilines is 2. The Kier molecular flexibility index (Phi) is 3.87. The standard InChI is InChI=1S/C21H21N3O2S/c1-10-7-13(4)16-15(8-10)23-19(25)21(16,26)18-17(24-20(22)27-18)14-6-5-11(2)12(3)9-14/h5-9,26H,1-4H3,(H2,22,24)(H,23,25). The zero-order chi connectivity index (χ0) is 19.5. The summed E-state index contributed by atoms with van der Waals surface area (Å²) >= 11 is 1.15. The smallest absolute Gasteiger partial charge is 0.266 e. The fourth-order valence-electron chi connectivity index (χ4n) is 3.76. The lowest BCUT2D eigenvalue weighted by molar-refractivity contribution is -0.129. The van der Waals surface area contributed by atoms with E-state index >= 15 is 0 Å². The highest BCUT2D eigenvalue weighted by Gasteiger charge is 2.51. The van der Waals surface area contributed by atoms with Gasteiger partial charge in [0.2, 0.25) is 5.60 Å². The molecule has 1 unspecified atom stereocenters. The number of thiazole rings is 1. The van der Waals surface area contributed by atoms with Gasteiger partial charge in [0, 0.05) is 16.8 Å². The molecule has 4 N–H and O–H groups in total. The van der Waals surface area contributed by atoms with Gasteiger partial charge in [-0.05, 0) is 62.1 Å². The normalized spacial score (nSPS) is 18.5. The van der Waals surface area contributed by atoms with Crippen LogP contribution < -0.4 is 11.1 Å². The van der Waals surface area contributed by atoms with Gasteiger partial charge in [-0.15, -0.1) is 0 Å². The van der Waals surface area contributed by atoms with E-state index < -0.39 is 11.5 Å². The van der Waals surface area contributed by atoms with E-state index in [1.54, 1.807) is 0 Å². The summed E-state index contributed by atoms with van der Waals surface area (Å²) < 4.78 is 0. The minimum Gasteiger partial charge on any atom is -0.375 e. The molecule has 1 atom stereocenters. The van der Waals surface area contributed by atoms with Crippen molar-refractivity contribution < 1.29 is 9.90 Å². The average Bonchev–Trinajstić information content (AvgIpc) is 3.09. The van der Waals surface area contributed by atoms with E-state index in [0.717, 1.165) is 39.2 Å². The van der Waals surface area contributed by atoms with Gasteiger partial charge < -0.3 is 16.2 Å². The number of amides is 1. The van der Waals surface area contributed by atoms with Crippen LogP contribution in [0.25, 0.3) is 11.3 Å². The Labute approximate surface area is 161 Å². The minimum atomic E-state index is -1.81. The van der Waals surface area contributed by atoms with E-state index in [9.17, 15) is 9.90 Å². The van der Waals surface area contributed by atoms with Crippen molar-refractivity contribution in [3.05, 3.63) is 63.0 Å². The van der Waals surface area contributed by atoms with Crippen molar-refractivity contribution >= 4 is 28.1 Å². The van der Waals surface area contributed by atoms with Gasteiger partial charge in [-0.3, -0.25) is 4.79 Å². The van der Waals surface area contributed by atoms with Gasteiger partial charge >= 0.3 is 0 Å². The van der Waals surface area contributed by atoms with Crippen LogP contribution in [0, 0.1) is 27.7 Å². The van der Waals surface area contributed by atoms with Crippen LogP contribution in [-0.4, -0.2) is 16.0 Å². The number of benzene rings is 2. The number of rotatable bonds is 2. The number of carbonyl (C=O) groups is 1. The second-order valence-corrected chi connectivity index (χ2v) is 8.23. The minimum absolute atomic E-state index is 0.317. The molecule has 0 spiro atoms. The van der Waals surface area contributed by atoms with Crippen molar-refractivity contribution in [2.75, 3.05) is 11.1 Å². The van der Waals surface area contributed by atoms with Crippen molar-refractivity contribution in [1.82, 2.24) is 4.98 Å². The summed E-state index contributed by atoms with van der Waals surface area (Å²) in [6, 6.07) is 9.79. The molecule has 27 heavy (non-hydrogen) atoms. The molecule has 2 aromatic carbocycles. The SMILES string of the molecule is Cc1cc(C)c2c(c1)NC(=O)C2(O)c1sc(N)nc1-c1ccc(C)c(C)c1.